The Morgan fingerprint density at radius 3 is 2.61 bits per heavy atom. The number of nitrogens with two attached hydrogens (primary N) is 1. The molecule has 0 aliphatic rings. The summed E-state index contributed by atoms with van der Waals surface area (Å²) in [5.41, 5.74) is 8.69. The maximum absolute atomic E-state index is 10.7. The Bertz CT molecular complexity index is 523. The molecule has 1 aromatic heterocycles. The Labute approximate surface area is 107 Å². The van der Waals surface area contributed by atoms with Crippen LogP contribution in [0.1, 0.15) is 18.4 Å². The number of carbonyl (C=O) groups excluding carboxylic acids is 1. The standard InChI is InChI=1S/C15H16N2O/c16-15(18)6-2-4-12-3-1-5-14(11-12)13-7-9-17-10-8-13/h1,3,5,7-11H,2,4,6H2,(H2,16,18). The van der Waals surface area contributed by atoms with Crippen molar-refractivity contribution in [2.75, 3.05) is 0 Å². The molecule has 3 heteroatoms. The van der Waals surface area contributed by atoms with Crippen LogP contribution >= 0.6 is 0 Å². The smallest absolute Gasteiger partial charge is 0.217 e. The summed E-state index contributed by atoms with van der Waals surface area (Å²) in [6, 6.07) is 12.3. The summed E-state index contributed by atoms with van der Waals surface area (Å²) in [6.45, 7) is 0. The number of rotatable bonds is 5. The highest BCUT2D eigenvalue weighted by atomic mass is 16.1. The molecule has 1 heterocycles. The van der Waals surface area contributed by atoms with Crippen molar-refractivity contribution in [3.05, 3.63) is 54.4 Å². The van der Waals surface area contributed by atoms with Gasteiger partial charge < -0.3 is 5.73 Å². The minimum absolute atomic E-state index is 0.236. The zero-order valence-electron chi connectivity index (χ0n) is 10.2. The first kappa shape index (κ1) is 12.3. The first-order chi connectivity index (χ1) is 8.75. The first-order valence-electron chi connectivity index (χ1n) is 6.03. The normalized spacial score (nSPS) is 10.2. The van der Waals surface area contributed by atoms with Crippen LogP contribution in [0.25, 0.3) is 11.1 Å². The van der Waals surface area contributed by atoms with E-state index < -0.39 is 0 Å². The van der Waals surface area contributed by atoms with Crippen molar-refractivity contribution in [2.45, 2.75) is 19.3 Å². The molecular weight excluding hydrogens is 224 g/mol. The second-order valence-electron chi connectivity index (χ2n) is 4.26. The quantitative estimate of drug-likeness (QED) is 0.873. The highest BCUT2D eigenvalue weighted by molar-refractivity contribution is 5.73. The lowest BCUT2D eigenvalue weighted by Gasteiger charge is -2.05. The fourth-order valence-electron chi connectivity index (χ4n) is 1.92. The lowest BCUT2D eigenvalue weighted by Crippen LogP contribution is -2.10. The van der Waals surface area contributed by atoms with E-state index in [4.69, 9.17) is 5.73 Å². The van der Waals surface area contributed by atoms with Crippen LogP contribution in [-0.2, 0) is 11.2 Å². The third-order valence-corrected chi connectivity index (χ3v) is 2.83. The van der Waals surface area contributed by atoms with Crippen LogP contribution in [0.2, 0.25) is 0 Å². The fourth-order valence-corrected chi connectivity index (χ4v) is 1.92. The number of amides is 1. The van der Waals surface area contributed by atoms with E-state index in [-0.39, 0.29) is 5.91 Å². The van der Waals surface area contributed by atoms with E-state index in [9.17, 15) is 4.79 Å². The van der Waals surface area contributed by atoms with Gasteiger partial charge in [-0.25, -0.2) is 0 Å². The summed E-state index contributed by atoms with van der Waals surface area (Å²) < 4.78 is 0. The van der Waals surface area contributed by atoms with E-state index in [1.807, 2.05) is 18.2 Å². The molecule has 2 rings (SSSR count). The summed E-state index contributed by atoms with van der Waals surface area (Å²) in [4.78, 5) is 14.7. The molecule has 0 saturated carbocycles. The largest absolute Gasteiger partial charge is 0.370 e. The molecule has 1 aromatic carbocycles. The first-order valence-corrected chi connectivity index (χ1v) is 6.03. The lowest BCUT2D eigenvalue weighted by atomic mass is 10.0. The van der Waals surface area contributed by atoms with E-state index in [1.54, 1.807) is 12.4 Å². The summed E-state index contributed by atoms with van der Waals surface area (Å²) in [6.07, 6.45) is 5.70. The molecule has 92 valence electrons. The van der Waals surface area contributed by atoms with E-state index in [0.29, 0.717) is 6.42 Å². The number of benzene rings is 1. The molecule has 0 bridgehead atoms. The highest BCUT2D eigenvalue weighted by Crippen LogP contribution is 2.20. The van der Waals surface area contributed by atoms with Crippen molar-refractivity contribution < 1.29 is 4.79 Å². The molecule has 0 spiro atoms. The van der Waals surface area contributed by atoms with Gasteiger partial charge in [0.1, 0.15) is 0 Å². The van der Waals surface area contributed by atoms with Crippen molar-refractivity contribution in [2.24, 2.45) is 5.73 Å². The van der Waals surface area contributed by atoms with Crippen LogP contribution in [0, 0.1) is 0 Å². The summed E-state index contributed by atoms with van der Waals surface area (Å²) in [7, 11) is 0. The second-order valence-corrected chi connectivity index (χ2v) is 4.26. The van der Waals surface area contributed by atoms with Gasteiger partial charge in [-0.2, -0.15) is 0 Å². The molecule has 0 saturated heterocycles. The number of primary amides is 1. The van der Waals surface area contributed by atoms with Gasteiger partial charge in [-0.1, -0.05) is 24.3 Å². The average Bonchev–Trinajstić information content (AvgIpc) is 2.40. The van der Waals surface area contributed by atoms with Gasteiger partial charge >= 0.3 is 0 Å². The van der Waals surface area contributed by atoms with Crippen molar-refractivity contribution in [1.29, 1.82) is 0 Å². The number of carbonyl (C=O) groups is 1. The minimum atomic E-state index is -0.236. The van der Waals surface area contributed by atoms with Crippen LogP contribution in [0.5, 0.6) is 0 Å². The highest BCUT2D eigenvalue weighted by Gasteiger charge is 2.00. The maximum Gasteiger partial charge on any atom is 0.217 e. The van der Waals surface area contributed by atoms with Crippen molar-refractivity contribution in [3.8, 4) is 11.1 Å². The maximum atomic E-state index is 10.7. The van der Waals surface area contributed by atoms with Crippen LogP contribution in [0.4, 0.5) is 0 Å². The summed E-state index contributed by atoms with van der Waals surface area (Å²) >= 11 is 0. The lowest BCUT2D eigenvalue weighted by molar-refractivity contribution is -0.118. The van der Waals surface area contributed by atoms with E-state index >= 15 is 0 Å². The Balaban J connectivity index is 2.08. The zero-order chi connectivity index (χ0) is 12.8. The average molecular weight is 240 g/mol. The Kier molecular flexibility index (Phi) is 4.07. The van der Waals surface area contributed by atoms with Crippen LogP contribution in [0.15, 0.2) is 48.8 Å². The third kappa shape index (κ3) is 3.42. The van der Waals surface area contributed by atoms with Crippen LogP contribution in [0.3, 0.4) is 0 Å². The monoisotopic (exact) mass is 240 g/mol. The fraction of sp³-hybridized carbons (Fsp3) is 0.200. The van der Waals surface area contributed by atoms with Crippen LogP contribution < -0.4 is 5.73 Å². The molecule has 0 aliphatic heterocycles. The van der Waals surface area contributed by atoms with Gasteiger partial charge in [0.05, 0.1) is 0 Å². The van der Waals surface area contributed by atoms with Crippen molar-refractivity contribution in [3.63, 3.8) is 0 Å². The van der Waals surface area contributed by atoms with E-state index in [0.717, 1.165) is 18.4 Å². The van der Waals surface area contributed by atoms with E-state index in [2.05, 4.69) is 23.2 Å². The number of nitrogens with zero attached hydrogens (tertiary/aromatic N) is 1. The minimum Gasteiger partial charge on any atom is -0.370 e. The molecule has 18 heavy (non-hydrogen) atoms. The number of aryl methyl sites for hydroxylation is 1. The Morgan fingerprint density at radius 1 is 1.11 bits per heavy atom. The molecule has 0 fully saturated rings. The molecule has 0 aliphatic carbocycles. The number of hydrogen-bond donors (Lipinski definition) is 1. The third-order valence-electron chi connectivity index (χ3n) is 2.83. The topological polar surface area (TPSA) is 56.0 Å². The SMILES string of the molecule is NC(=O)CCCc1cccc(-c2ccncc2)c1. The van der Waals surface area contributed by atoms with Crippen molar-refractivity contribution >= 4 is 5.91 Å². The molecule has 0 atom stereocenters. The number of hydrogen-bond acceptors (Lipinski definition) is 2. The zero-order valence-corrected chi connectivity index (χ0v) is 10.2. The molecule has 1 amide bonds. The predicted octanol–water partition coefficient (Wildman–Crippen LogP) is 2.56. The molecule has 2 N–H and O–H groups in total. The second kappa shape index (κ2) is 5.96. The molecule has 0 unspecified atom stereocenters. The Hall–Kier alpha value is -2.16. The van der Waals surface area contributed by atoms with Gasteiger partial charge in [-0.05, 0) is 41.7 Å². The molecular formula is C15H16N2O. The van der Waals surface area contributed by atoms with Gasteiger partial charge in [0.25, 0.3) is 0 Å². The number of pyridine rings is 1. The number of aromatic nitrogens is 1. The van der Waals surface area contributed by atoms with Gasteiger partial charge in [0, 0.05) is 18.8 Å². The van der Waals surface area contributed by atoms with Crippen molar-refractivity contribution in [1.82, 2.24) is 4.98 Å². The molecule has 0 radical (unpaired) electrons. The molecule has 3 nitrogen and oxygen atoms in total. The van der Waals surface area contributed by atoms with Gasteiger partial charge in [0.2, 0.25) is 5.91 Å². The van der Waals surface area contributed by atoms with Crippen LogP contribution in [-0.4, -0.2) is 10.9 Å². The predicted molar refractivity (Wildman–Crippen MR) is 71.8 cm³/mol. The summed E-state index contributed by atoms with van der Waals surface area (Å²) in [5, 5.41) is 0. The Morgan fingerprint density at radius 2 is 1.89 bits per heavy atom. The van der Waals surface area contributed by atoms with Gasteiger partial charge in [0.15, 0.2) is 0 Å². The molecule has 2 aromatic rings. The van der Waals surface area contributed by atoms with E-state index in [1.165, 1.54) is 11.1 Å². The summed E-state index contributed by atoms with van der Waals surface area (Å²) in [5.74, 6) is -0.236. The van der Waals surface area contributed by atoms with Gasteiger partial charge in [-0.3, -0.25) is 9.78 Å². The van der Waals surface area contributed by atoms with Gasteiger partial charge in [-0.15, -0.1) is 0 Å².